The Hall–Kier alpha value is -2.47. The molecule has 0 aliphatic rings. The van der Waals surface area contributed by atoms with Crippen LogP contribution in [0.4, 0.5) is 8.78 Å². The summed E-state index contributed by atoms with van der Waals surface area (Å²) in [5, 5.41) is 12.7. The van der Waals surface area contributed by atoms with Crippen molar-refractivity contribution in [3.8, 4) is 5.75 Å². The van der Waals surface area contributed by atoms with Crippen molar-refractivity contribution in [2.45, 2.75) is 25.6 Å². The van der Waals surface area contributed by atoms with Crippen LogP contribution >= 0.6 is 0 Å². The Kier molecular flexibility index (Phi) is 6.69. The van der Waals surface area contributed by atoms with Gasteiger partial charge in [-0.05, 0) is 18.1 Å². The fourth-order valence-corrected chi connectivity index (χ4v) is 2.29. The lowest BCUT2D eigenvalue weighted by molar-refractivity contribution is -0.120. The highest BCUT2D eigenvalue weighted by Gasteiger charge is 2.13. The lowest BCUT2D eigenvalue weighted by atomic mass is 10.1. The molecule has 1 amide bonds. The first-order valence-corrected chi connectivity index (χ1v) is 7.58. The molecule has 0 heterocycles. The number of amides is 1. The molecule has 24 heavy (non-hydrogen) atoms. The highest BCUT2D eigenvalue weighted by Crippen LogP contribution is 2.20. The third-order valence-corrected chi connectivity index (χ3v) is 3.46. The number of aliphatic hydroxyl groups is 1. The molecule has 0 aliphatic carbocycles. The van der Waals surface area contributed by atoms with Gasteiger partial charge in [-0.1, -0.05) is 48.5 Å². The van der Waals surface area contributed by atoms with E-state index < -0.39 is 12.7 Å². The quantitative estimate of drug-likeness (QED) is 0.779. The molecule has 4 nitrogen and oxygen atoms in total. The highest BCUT2D eigenvalue weighted by molar-refractivity contribution is 5.79. The first-order valence-electron chi connectivity index (χ1n) is 7.58. The average molecular weight is 335 g/mol. The number of carbonyl (C=O) groups excluding carboxylic acids is 1. The second-order valence-corrected chi connectivity index (χ2v) is 5.23. The maximum absolute atomic E-state index is 12.3. The smallest absolute Gasteiger partial charge is 0.387 e. The first kappa shape index (κ1) is 17.9. The number of halogens is 2. The lowest BCUT2D eigenvalue weighted by Gasteiger charge is -2.13. The molecule has 2 aromatic rings. The third kappa shape index (κ3) is 5.62. The van der Waals surface area contributed by atoms with Crippen LogP contribution in [0.1, 0.15) is 23.7 Å². The molecule has 0 saturated carbocycles. The van der Waals surface area contributed by atoms with Crippen molar-refractivity contribution in [3.63, 3.8) is 0 Å². The van der Waals surface area contributed by atoms with Gasteiger partial charge in [0.15, 0.2) is 0 Å². The van der Waals surface area contributed by atoms with E-state index in [9.17, 15) is 18.7 Å². The topological polar surface area (TPSA) is 58.6 Å². The molecule has 1 atom stereocenters. The molecule has 0 radical (unpaired) electrons. The van der Waals surface area contributed by atoms with Crippen LogP contribution in [0, 0.1) is 0 Å². The summed E-state index contributed by atoms with van der Waals surface area (Å²) in [6.45, 7) is -2.65. The van der Waals surface area contributed by atoms with E-state index in [0.717, 1.165) is 5.56 Å². The predicted molar refractivity (Wildman–Crippen MR) is 85.8 cm³/mol. The van der Waals surface area contributed by atoms with Crippen molar-refractivity contribution >= 4 is 5.91 Å². The molecular formula is C18H19F2NO3. The Balaban J connectivity index is 1.82. The van der Waals surface area contributed by atoms with E-state index in [1.807, 2.05) is 30.3 Å². The largest absolute Gasteiger partial charge is 0.435 e. The van der Waals surface area contributed by atoms with E-state index >= 15 is 0 Å². The standard InChI is InChI=1S/C18H19F2NO3/c19-18(20)24-16-9-5-4-8-14(16)12-17(23)21-11-10-15(22)13-6-2-1-3-7-13/h1-9,15,18,22H,10-12H2,(H,21,23). The van der Waals surface area contributed by atoms with Gasteiger partial charge in [0.25, 0.3) is 0 Å². The van der Waals surface area contributed by atoms with Crippen LogP contribution in [0.5, 0.6) is 5.75 Å². The second-order valence-electron chi connectivity index (χ2n) is 5.23. The summed E-state index contributed by atoms with van der Waals surface area (Å²) in [5.74, 6) is -0.326. The molecule has 128 valence electrons. The molecule has 2 N–H and O–H groups in total. The number of benzene rings is 2. The zero-order valence-electron chi connectivity index (χ0n) is 13.0. The Morgan fingerprint density at radius 2 is 1.75 bits per heavy atom. The number of hydrogen-bond acceptors (Lipinski definition) is 3. The Labute approximate surface area is 139 Å². The van der Waals surface area contributed by atoms with Gasteiger partial charge >= 0.3 is 6.61 Å². The van der Waals surface area contributed by atoms with Gasteiger partial charge in [-0.25, -0.2) is 0 Å². The molecular weight excluding hydrogens is 316 g/mol. The van der Waals surface area contributed by atoms with Crippen LogP contribution < -0.4 is 10.1 Å². The molecule has 6 heteroatoms. The SMILES string of the molecule is O=C(Cc1ccccc1OC(F)F)NCCC(O)c1ccccc1. The van der Waals surface area contributed by atoms with Crippen LogP contribution in [0.15, 0.2) is 54.6 Å². The number of aliphatic hydroxyl groups excluding tert-OH is 1. The van der Waals surface area contributed by atoms with Crippen molar-refractivity contribution in [1.82, 2.24) is 5.32 Å². The van der Waals surface area contributed by atoms with Gasteiger partial charge < -0.3 is 15.2 Å². The number of carbonyl (C=O) groups is 1. The van der Waals surface area contributed by atoms with Crippen molar-refractivity contribution < 1.29 is 23.4 Å². The average Bonchev–Trinajstić information content (AvgIpc) is 2.57. The van der Waals surface area contributed by atoms with Crippen LogP contribution in [-0.4, -0.2) is 24.2 Å². The fraction of sp³-hybridized carbons (Fsp3) is 0.278. The van der Waals surface area contributed by atoms with E-state index in [1.165, 1.54) is 6.07 Å². The van der Waals surface area contributed by atoms with E-state index in [-0.39, 0.29) is 24.6 Å². The maximum atomic E-state index is 12.3. The number of nitrogens with one attached hydrogen (secondary N) is 1. The maximum Gasteiger partial charge on any atom is 0.387 e. The summed E-state index contributed by atoms with van der Waals surface area (Å²) in [5.41, 5.74) is 1.17. The summed E-state index contributed by atoms with van der Waals surface area (Å²) in [4.78, 5) is 11.9. The Morgan fingerprint density at radius 3 is 2.46 bits per heavy atom. The van der Waals surface area contributed by atoms with Gasteiger partial charge in [0.2, 0.25) is 5.91 Å². The summed E-state index contributed by atoms with van der Waals surface area (Å²) in [6.07, 6.45) is -0.365. The molecule has 0 saturated heterocycles. The number of hydrogen-bond donors (Lipinski definition) is 2. The van der Waals surface area contributed by atoms with Gasteiger partial charge in [0.05, 0.1) is 12.5 Å². The fourth-order valence-electron chi connectivity index (χ4n) is 2.29. The van der Waals surface area contributed by atoms with Gasteiger partial charge in [0.1, 0.15) is 5.75 Å². The van der Waals surface area contributed by atoms with Crippen LogP contribution in [0.25, 0.3) is 0 Å². The second kappa shape index (κ2) is 8.98. The predicted octanol–water partition coefficient (Wildman–Crippen LogP) is 3.07. The molecule has 0 aromatic heterocycles. The lowest BCUT2D eigenvalue weighted by Crippen LogP contribution is -2.27. The number of ether oxygens (including phenoxy) is 1. The third-order valence-electron chi connectivity index (χ3n) is 3.46. The molecule has 2 aromatic carbocycles. The zero-order chi connectivity index (χ0) is 17.4. The van der Waals surface area contributed by atoms with Crippen molar-refractivity contribution in [3.05, 3.63) is 65.7 Å². The highest BCUT2D eigenvalue weighted by atomic mass is 19.3. The van der Waals surface area contributed by atoms with E-state index in [1.54, 1.807) is 18.2 Å². The molecule has 0 spiro atoms. The Morgan fingerprint density at radius 1 is 1.08 bits per heavy atom. The minimum absolute atomic E-state index is 0.00743. The van der Waals surface area contributed by atoms with E-state index in [0.29, 0.717) is 12.0 Å². The molecule has 0 bridgehead atoms. The molecule has 1 unspecified atom stereocenters. The van der Waals surface area contributed by atoms with Crippen molar-refractivity contribution in [1.29, 1.82) is 0 Å². The van der Waals surface area contributed by atoms with E-state index in [2.05, 4.69) is 10.1 Å². The van der Waals surface area contributed by atoms with Crippen LogP contribution in [0.2, 0.25) is 0 Å². The number of rotatable bonds is 8. The molecule has 0 fully saturated rings. The van der Waals surface area contributed by atoms with Crippen molar-refractivity contribution in [2.75, 3.05) is 6.54 Å². The monoisotopic (exact) mass is 335 g/mol. The Bertz CT molecular complexity index is 650. The summed E-state index contributed by atoms with van der Waals surface area (Å²) in [7, 11) is 0. The number of alkyl halides is 2. The first-order chi connectivity index (χ1) is 11.6. The normalized spacial score (nSPS) is 12.0. The van der Waals surface area contributed by atoms with Crippen LogP contribution in [-0.2, 0) is 11.2 Å². The summed E-state index contributed by atoms with van der Waals surface area (Å²) in [6, 6.07) is 15.3. The van der Waals surface area contributed by atoms with Gasteiger partial charge in [0, 0.05) is 12.1 Å². The van der Waals surface area contributed by atoms with Crippen LogP contribution in [0.3, 0.4) is 0 Å². The number of para-hydroxylation sites is 1. The minimum Gasteiger partial charge on any atom is -0.435 e. The molecule has 2 rings (SSSR count). The van der Waals surface area contributed by atoms with E-state index in [4.69, 9.17) is 0 Å². The van der Waals surface area contributed by atoms with Gasteiger partial charge in [-0.15, -0.1) is 0 Å². The zero-order valence-corrected chi connectivity index (χ0v) is 13.0. The van der Waals surface area contributed by atoms with Gasteiger partial charge in [-0.2, -0.15) is 8.78 Å². The van der Waals surface area contributed by atoms with Crippen molar-refractivity contribution in [2.24, 2.45) is 0 Å². The summed E-state index contributed by atoms with van der Waals surface area (Å²) < 4.78 is 29.1. The molecule has 0 aliphatic heterocycles. The minimum atomic E-state index is -2.93. The summed E-state index contributed by atoms with van der Waals surface area (Å²) >= 11 is 0. The van der Waals surface area contributed by atoms with Gasteiger partial charge in [-0.3, -0.25) is 4.79 Å².